The van der Waals surface area contributed by atoms with Crippen molar-refractivity contribution in [2.45, 2.75) is 52.9 Å². The fraction of sp³-hybridized carbons (Fsp3) is 0.882. The van der Waals surface area contributed by atoms with Gasteiger partial charge in [0.2, 0.25) is 0 Å². The summed E-state index contributed by atoms with van der Waals surface area (Å²) in [6.45, 7) is 7.15. The molecule has 1 aliphatic carbocycles. The standard InChI is InChI=1S/C17H31NO3/c1-6-13(14-8-7-9-15(14)19)12-17(2,3)16(20)21-11-10-18(4)5/h13-14H,6-12H2,1-5H3. The first-order valence-electron chi connectivity index (χ1n) is 8.12. The SMILES string of the molecule is CCC(CC(C)(C)C(=O)OCCN(C)C)C1CCCC1=O. The van der Waals surface area contributed by atoms with E-state index in [1.165, 1.54) is 0 Å². The zero-order valence-electron chi connectivity index (χ0n) is 14.3. The number of carbonyl (C=O) groups is 2. The van der Waals surface area contributed by atoms with Crippen LogP contribution in [-0.2, 0) is 14.3 Å². The highest BCUT2D eigenvalue weighted by Gasteiger charge is 2.38. The van der Waals surface area contributed by atoms with Crippen LogP contribution in [0.1, 0.15) is 52.9 Å². The summed E-state index contributed by atoms with van der Waals surface area (Å²) in [7, 11) is 3.91. The van der Waals surface area contributed by atoms with Gasteiger partial charge in [-0.1, -0.05) is 13.3 Å². The van der Waals surface area contributed by atoms with Gasteiger partial charge in [-0.25, -0.2) is 0 Å². The number of hydrogen-bond donors (Lipinski definition) is 0. The van der Waals surface area contributed by atoms with E-state index >= 15 is 0 Å². The Hall–Kier alpha value is -0.900. The number of hydrogen-bond acceptors (Lipinski definition) is 4. The maximum absolute atomic E-state index is 12.3. The van der Waals surface area contributed by atoms with E-state index in [0.29, 0.717) is 18.3 Å². The second-order valence-electron chi connectivity index (χ2n) is 7.16. The molecule has 0 bridgehead atoms. The number of ketones is 1. The number of esters is 1. The van der Waals surface area contributed by atoms with Crippen LogP contribution in [0, 0.1) is 17.3 Å². The molecule has 21 heavy (non-hydrogen) atoms. The van der Waals surface area contributed by atoms with Crippen LogP contribution < -0.4 is 0 Å². The Morgan fingerprint density at radius 3 is 2.57 bits per heavy atom. The molecule has 0 aliphatic heterocycles. The lowest BCUT2D eigenvalue weighted by Crippen LogP contribution is -2.33. The molecule has 0 heterocycles. The minimum absolute atomic E-state index is 0.145. The van der Waals surface area contributed by atoms with Crippen molar-refractivity contribution < 1.29 is 14.3 Å². The number of rotatable bonds is 8. The quantitative estimate of drug-likeness (QED) is 0.646. The Morgan fingerprint density at radius 2 is 2.10 bits per heavy atom. The van der Waals surface area contributed by atoms with Crippen LogP contribution in [0.15, 0.2) is 0 Å². The van der Waals surface area contributed by atoms with Gasteiger partial charge in [0, 0.05) is 18.9 Å². The first kappa shape index (κ1) is 18.1. The molecule has 1 rings (SSSR count). The van der Waals surface area contributed by atoms with Gasteiger partial charge in [0.25, 0.3) is 0 Å². The second-order valence-corrected chi connectivity index (χ2v) is 7.16. The van der Waals surface area contributed by atoms with Crippen LogP contribution in [0.5, 0.6) is 0 Å². The Balaban J connectivity index is 2.55. The summed E-state index contributed by atoms with van der Waals surface area (Å²) >= 11 is 0. The third-order valence-electron chi connectivity index (χ3n) is 4.54. The van der Waals surface area contributed by atoms with E-state index in [1.807, 2.05) is 32.8 Å². The summed E-state index contributed by atoms with van der Waals surface area (Å²) in [6.07, 6.45) is 4.40. The van der Waals surface area contributed by atoms with Crippen LogP contribution in [0.3, 0.4) is 0 Å². The van der Waals surface area contributed by atoms with E-state index in [2.05, 4.69) is 6.92 Å². The van der Waals surface area contributed by atoms with E-state index in [1.54, 1.807) is 0 Å². The highest BCUT2D eigenvalue weighted by Crippen LogP contribution is 2.38. The van der Waals surface area contributed by atoms with Gasteiger partial charge < -0.3 is 9.64 Å². The molecular weight excluding hydrogens is 266 g/mol. The van der Waals surface area contributed by atoms with Crippen LogP contribution in [-0.4, -0.2) is 43.9 Å². The lowest BCUT2D eigenvalue weighted by Gasteiger charge is -2.30. The number of carbonyl (C=O) groups excluding carboxylic acids is 2. The third-order valence-corrected chi connectivity index (χ3v) is 4.54. The van der Waals surface area contributed by atoms with Crippen molar-refractivity contribution in [1.82, 2.24) is 4.90 Å². The minimum atomic E-state index is -0.518. The molecule has 0 aromatic carbocycles. The highest BCUT2D eigenvalue weighted by molar-refractivity contribution is 5.83. The topological polar surface area (TPSA) is 46.6 Å². The smallest absolute Gasteiger partial charge is 0.311 e. The third kappa shape index (κ3) is 5.42. The number of Topliss-reactive ketones (excluding diaryl/α,β-unsaturated/α-hetero) is 1. The molecule has 1 saturated carbocycles. The largest absolute Gasteiger partial charge is 0.464 e. The van der Waals surface area contributed by atoms with E-state index in [0.717, 1.165) is 38.6 Å². The molecule has 0 aromatic heterocycles. The number of likely N-dealkylation sites (N-methyl/N-ethyl adjacent to an activating group) is 1. The van der Waals surface area contributed by atoms with Crippen LogP contribution in [0.4, 0.5) is 0 Å². The molecule has 0 N–H and O–H groups in total. The molecule has 0 aromatic rings. The van der Waals surface area contributed by atoms with Gasteiger partial charge in [-0.05, 0) is 53.1 Å². The van der Waals surface area contributed by atoms with Gasteiger partial charge in [0.15, 0.2) is 0 Å². The molecule has 2 unspecified atom stereocenters. The van der Waals surface area contributed by atoms with Crippen LogP contribution >= 0.6 is 0 Å². The fourth-order valence-electron chi connectivity index (χ4n) is 3.17. The zero-order chi connectivity index (χ0) is 16.0. The predicted molar refractivity (Wildman–Crippen MR) is 84.0 cm³/mol. The van der Waals surface area contributed by atoms with E-state index in [4.69, 9.17) is 4.74 Å². The van der Waals surface area contributed by atoms with Gasteiger partial charge in [-0.15, -0.1) is 0 Å². The summed E-state index contributed by atoms with van der Waals surface area (Å²) in [4.78, 5) is 26.2. The van der Waals surface area contributed by atoms with Crippen molar-refractivity contribution in [3.8, 4) is 0 Å². The van der Waals surface area contributed by atoms with Gasteiger partial charge in [-0.2, -0.15) is 0 Å². The molecule has 0 amide bonds. The van der Waals surface area contributed by atoms with Gasteiger partial charge in [-0.3, -0.25) is 9.59 Å². The van der Waals surface area contributed by atoms with E-state index in [-0.39, 0.29) is 11.9 Å². The second kappa shape index (κ2) is 7.92. The molecule has 1 fully saturated rings. The van der Waals surface area contributed by atoms with E-state index in [9.17, 15) is 9.59 Å². The van der Waals surface area contributed by atoms with Crippen LogP contribution in [0.25, 0.3) is 0 Å². The summed E-state index contributed by atoms with van der Waals surface area (Å²) in [5.41, 5.74) is -0.518. The molecular formula is C17H31NO3. The van der Waals surface area contributed by atoms with Crippen molar-refractivity contribution in [3.05, 3.63) is 0 Å². The van der Waals surface area contributed by atoms with Crippen molar-refractivity contribution >= 4 is 11.8 Å². The first-order chi connectivity index (χ1) is 9.77. The fourth-order valence-corrected chi connectivity index (χ4v) is 3.17. The molecule has 122 valence electrons. The van der Waals surface area contributed by atoms with E-state index < -0.39 is 5.41 Å². The Bertz CT molecular complexity index is 363. The van der Waals surface area contributed by atoms with Crippen molar-refractivity contribution in [2.24, 2.45) is 17.3 Å². The average molecular weight is 297 g/mol. The summed E-state index contributed by atoms with van der Waals surface area (Å²) in [6, 6.07) is 0. The molecule has 0 radical (unpaired) electrons. The van der Waals surface area contributed by atoms with Crippen LogP contribution in [0.2, 0.25) is 0 Å². The first-order valence-corrected chi connectivity index (χ1v) is 8.12. The van der Waals surface area contributed by atoms with Crippen molar-refractivity contribution in [2.75, 3.05) is 27.2 Å². The Kier molecular flexibility index (Phi) is 6.85. The summed E-state index contributed by atoms with van der Waals surface area (Å²) in [5, 5.41) is 0. The highest BCUT2D eigenvalue weighted by atomic mass is 16.5. The zero-order valence-corrected chi connectivity index (χ0v) is 14.3. The van der Waals surface area contributed by atoms with Gasteiger partial charge in [0.1, 0.15) is 12.4 Å². The Morgan fingerprint density at radius 1 is 1.43 bits per heavy atom. The molecule has 4 heteroatoms. The monoisotopic (exact) mass is 297 g/mol. The summed E-state index contributed by atoms with van der Waals surface area (Å²) < 4.78 is 5.39. The normalized spacial score (nSPS) is 20.9. The maximum Gasteiger partial charge on any atom is 0.311 e. The Labute approximate surface area is 129 Å². The molecule has 0 saturated heterocycles. The number of nitrogens with zero attached hydrogens (tertiary/aromatic N) is 1. The van der Waals surface area contributed by atoms with Crippen molar-refractivity contribution in [1.29, 1.82) is 0 Å². The van der Waals surface area contributed by atoms with Gasteiger partial charge >= 0.3 is 5.97 Å². The molecule has 1 aliphatic rings. The molecule has 0 spiro atoms. The number of ether oxygens (including phenoxy) is 1. The summed E-state index contributed by atoms with van der Waals surface area (Å²) in [5.74, 6) is 0.701. The molecule has 2 atom stereocenters. The predicted octanol–water partition coefficient (Wildman–Crippen LogP) is 2.90. The van der Waals surface area contributed by atoms with Gasteiger partial charge in [0.05, 0.1) is 5.41 Å². The molecule has 4 nitrogen and oxygen atoms in total. The average Bonchev–Trinajstić information content (AvgIpc) is 2.81. The lowest BCUT2D eigenvalue weighted by molar-refractivity contribution is -0.155. The lowest BCUT2D eigenvalue weighted by atomic mass is 9.75. The maximum atomic E-state index is 12.3. The van der Waals surface area contributed by atoms with Crippen molar-refractivity contribution in [3.63, 3.8) is 0 Å². The minimum Gasteiger partial charge on any atom is -0.464 e.